The summed E-state index contributed by atoms with van der Waals surface area (Å²) >= 11 is 0. The van der Waals surface area contributed by atoms with Gasteiger partial charge in [-0.1, -0.05) is 6.92 Å². The van der Waals surface area contributed by atoms with Crippen LogP contribution in [0.25, 0.3) is 10.9 Å². The number of nitrogens with two attached hydrogens (primary N) is 1. The Labute approximate surface area is 117 Å². The molecule has 0 unspecified atom stereocenters. The van der Waals surface area contributed by atoms with Crippen molar-refractivity contribution in [1.82, 2.24) is 14.8 Å². The highest BCUT2D eigenvalue weighted by Gasteiger charge is 2.08. The van der Waals surface area contributed by atoms with Crippen molar-refractivity contribution in [3.05, 3.63) is 42.9 Å². The van der Waals surface area contributed by atoms with Crippen molar-refractivity contribution >= 4 is 16.6 Å². The summed E-state index contributed by atoms with van der Waals surface area (Å²) in [4.78, 5) is 4.35. The van der Waals surface area contributed by atoms with Crippen molar-refractivity contribution in [1.29, 1.82) is 0 Å². The van der Waals surface area contributed by atoms with Crippen LogP contribution in [0.3, 0.4) is 0 Å². The standard InChI is InChI=1S/C15H16N4O/c1-2-8-19-10-11(9-18-19)20-14-6-5-13(16)12-4-3-7-17-15(12)14/h3-7,9-10H,2,8,16H2,1H3. The summed E-state index contributed by atoms with van der Waals surface area (Å²) in [5.41, 5.74) is 7.41. The van der Waals surface area contributed by atoms with Crippen LogP contribution in [0.1, 0.15) is 13.3 Å². The molecule has 20 heavy (non-hydrogen) atoms. The minimum atomic E-state index is 0.686. The first kappa shape index (κ1) is 12.5. The fourth-order valence-corrected chi connectivity index (χ4v) is 2.13. The molecule has 0 spiro atoms. The van der Waals surface area contributed by atoms with Crippen LogP contribution < -0.4 is 10.5 Å². The number of aromatic nitrogens is 3. The molecule has 0 saturated carbocycles. The molecule has 0 fully saturated rings. The third-order valence-electron chi connectivity index (χ3n) is 3.06. The van der Waals surface area contributed by atoms with Crippen LogP contribution in [0.15, 0.2) is 42.9 Å². The van der Waals surface area contributed by atoms with Crippen molar-refractivity contribution < 1.29 is 4.74 Å². The molecule has 3 aromatic rings. The number of hydrogen-bond donors (Lipinski definition) is 1. The summed E-state index contributed by atoms with van der Waals surface area (Å²) in [5.74, 6) is 1.39. The number of ether oxygens (including phenoxy) is 1. The maximum absolute atomic E-state index is 5.95. The fraction of sp³-hybridized carbons (Fsp3) is 0.200. The Balaban J connectivity index is 1.96. The number of nitrogens with zero attached hydrogens (tertiary/aromatic N) is 3. The molecule has 2 N–H and O–H groups in total. The quantitative estimate of drug-likeness (QED) is 0.738. The molecule has 1 aromatic carbocycles. The molecule has 2 aromatic heterocycles. The molecule has 0 aliphatic rings. The Hall–Kier alpha value is -2.56. The van der Waals surface area contributed by atoms with Crippen LogP contribution in [-0.4, -0.2) is 14.8 Å². The average Bonchev–Trinajstić information content (AvgIpc) is 2.90. The first-order chi connectivity index (χ1) is 9.78. The zero-order chi connectivity index (χ0) is 13.9. The highest BCUT2D eigenvalue weighted by molar-refractivity contribution is 5.94. The van der Waals surface area contributed by atoms with E-state index in [4.69, 9.17) is 10.5 Å². The summed E-state index contributed by atoms with van der Waals surface area (Å²) in [6.07, 6.45) is 6.36. The second-order valence-electron chi connectivity index (χ2n) is 4.59. The topological polar surface area (TPSA) is 66.0 Å². The highest BCUT2D eigenvalue weighted by atomic mass is 16.5. The van der Waals surface area contributed by atoms with E-state index in [1.807, 2.05) is 35.1 Å². The molecule has 0 bridgehead atoms. The van der Waals surface area contributed by atoms with E-state index < -0.39 is 0 Å². The van der Waals surface area contributed by atoms with Gasteiger partial charge in [0.05, 0.1) is 12.4 Å². The minimum Gasteiger partial charge on any atom is -0.452 e. The molecule has 0 amide bonds. The van der Waals surface area contributed by atoms with Gasteiger partial charge in [-0.15, -0.1) is 0 Å². The number of aryl methyl sites for hydroxylation is 1. The van der Waals surface area contributed by atoms with E-state index in [1.165, 1.54) is 0 Å². The van der Waals surface area contributed by atoms with Gasteiger partial charge in [0, 0.05) is 23.8 Å². The first-order valence-corrected chi connectivity index (χ1v) is 6.61. The van der Waals surface area contributed by atoms with Crippen LogP contribution in [0.2, 0.25) is 0 Å². The predicted octanol–water partition coefficient (Wildman–Crippen LogP) is 3.22. The number of hydrogen-bond acceptors (Lipinski definition) is 4. The monoisotopic (exact) mass is 268 g/mol. The Bertz CT molecular complexity index is 736. The molecular weight excluding hydrogens is 252 g/mol. The van der Waals surface area contributed by atoms with E-state index in [2.05, 4.69) is 17.0 Å². The zero-order valence-corrected chi connectivity index (χ0v) is 11.3. The SMILES string of the molecule is CCCn1cc(Oc2ccc(N)c3cccnc23)cn1. The Morgan fingerprint density at radius 1 is 1.30 bits per heavy atom. The molecule has 5 nitrogen and oxygen atoms in total. The van der Waals surface area contributed by atoms with Gasteiger partial charge in [-0.3, -0.25) is 9.67 Å². The molecule has 0 atom stereocenters. The third-order valence-corrected chi connectivity index (χ3v) is 3.06. The molecule has 102 valence electrons. The lowest BCUT2D eigenvalue weighted by molar-refractivity contribution is 0.485. The van der Waals surface area contributed by atoms with Crippen LogP contribution in [0, 0.1) is 0 Å². The van der Waals surface area contributed by atoms with Gasteiger partial charge in [0.15, 0.2) is 11.5 Å². The third kappa shape index (κ3) is 2.30. The lowest BCUT2D eigenvalue weighted by Crippen LogP contribution is -1.95. The number of nitrogen functional groups attached to an aromatic ring is 1. The van der Waals surface area contributed by atoms with Crippen LogP contribution in [0.5, 0.6) is 11.5 Å². The van der Waals surface area contributed by atoms with E-state index in [1.54, 1.807) is 12.4 Å². The first-order valence-electron chi connectivity index (χ1n) is 6.61. The summed E-state index contributed by atoms with van der Waals surface area (Å²) in [6.45, 7) is 2.99. The van der Waals surface area contributed by atoms with Gasteiger partial charge in [0.1, 0.15) is 5.52 Å². The zero-order valence-electron chi connectivity index (χ0n) is 11.3. The minimum absolute atomic E-state index is 0.686. The molecule has 5 heteroatoms. The Kier molecular flexibility index (Phi) is 3.25. The average molecular weight is 268 g/mol. The van der Waals surface area contributed by atoms with E-state index in [0.29, 0.717) is 17.2 Å². The summed E-state index contributed by atoms with van der Waals surface area (Å²) in [7, 11) is 0. The summed E-state index contributed by atoms with van der Waals surface area (Å²) < 4.78 is 7.74. The normalized spacial score (nSPS) is 10.8. The Morgan fingerprint density at radius 2 is 2.20 bits per heavy atom. The molecule has 0 saturated heterocycles. The van der Waals surface area contributed by atoms with E-state index in [-0.39, 0.29) is 0 Å². The second-order valence-corrected chi connectivity index (χ2v) is 4.59. The van der Waals surface area contributed by atoms with Gasteiger partial charge in [0.25, 0.3) is 0 Å². The lowest BCUT2D eigenvalue weighted by atomic mass is 10.2. The number of anilines is 1. The second kappa shape index (κ2) is 5.21. The predicted molar refractivity (Wildman–Crippen MR) is 78.7 cm³/mol. The Morgan fingerprint density at radius 3 is 3.05 bits per heavy atom. The lowest BCUT2D eigenvalue weighted by Gasteiger charge is -2.07. The molecule has 3 rings (SSSR count). The number of pyridine rings is 1. The maximum atomic E-state index is 5.95. The number of rotatable bonds is 4. The van der Waals surface area contributed by atoms with Crippen molar-refractivity contribution in [3.63, 3.8) is 0 Å². The van der Waals surface area contributed by atoms with Crippen LogP contribution in [0.4, 0.5) is 5.69 Å². The van der Waals surface area contributed by atoms with Crippen molar-refractivity contribution in [2.45, 2.75) is 19.9 Å². The van der Waals surface area contributed by atoms with Crippen LogP contribution in [-0.2, 0) is 6.54 Å². The number of benzene rings is 1. The fourth-order valence-electron chi connectivity index (χ4n) is 2.13. The van der Waals surface area contributed by atoms with Crippen molar-refractivity contribution in [2.24, 2.45) is 0 Å². The molecule has 2 heterocycles. The largest absolute Gasteiger partial charge is 0.452 e. The highest BCUT2D eigenvalue weighted by Crippen LogP contribution is 2.31. The molecule has 0 radical (unpaired) electrons. The van der Waals surface area contributed by atoms with Crippen molar-refractivity contribution in [3.8, 4) is 11.5 Å². The van der Waals surface area contributed by atoms with Gasteiger partial charge < -0.3 is 10.5 Å². The molecule has 0 aliphatic heterocycles. The van der Waals surface area contributed by atoms with Crippen LogP contribution >= 0.6 is 0 Å². The summed E-state index contributed by atoms with van der Waals surface area (Å²) in [5, 5.41) is 5.14. The van der Waals surface area contributed by atoms with Gasteiger partial charge in [-0.2, -0.15) is 5.10 Å². The number of fused-ring (bicyclic) bond motifs is 1. The van der Waals surface area contributed by atoms with Gasteiger partial charge in [0.2, 0.25) is 0 Å². The van der Waals surface area contributed by atoms with Gasteiger partial charge in [-0.25, -0.2) is 0 Å². The van der Waals surface area contributed by atoms with Gasteiger partial charge >= 0.3 is 0 Å². The van der Waals surface area contributed by atoms with E-state index >= 15 is 0 Å². The smallest absolute Gasteiger partial charge is 0.165 e. The molecule has 0 aliphatic carbocycles. The summed E-state index contributed by atoms with van der Waals surface area (Å²) in [6, 6.07) is 7.46. The van der Waals surface area contributed by atoms with Crippen molar-refractivity contribution in [2.75, 3.05) is 5.73 Å². The van der Waals surface area contributed by atoms with Gasteiger partial charge in [-0.05, 0) is 30.7 Å². The van der Waals surface area contributed by atoms with E-state index in [9.17, 15) is 0 Å². The van der Waals surface area contributed by atoms with E-state index in [0.717, 1.165) is 23.9 Å². The maximum Gasteiger partial charge on any atom is 0.165 e. The molecular formula is C15H16N4O.